The highest BCUT2D eigenvalue weighted by Gasteiger charge is 2.28. The maximum atomic E-state index is 5.95. The zero-order chi connectivity index (χ0) is 16.1. The molecule has 132 valence electrons. The largest absolute Gasteiger partial charge is 0.493 e. The molecule has 1 aliphatic heterocycles. The van der Waals surface area contributed by atoms with E-state index in [1.807, 2.05) is 12.1 Å². The van der Waals surface area contributed by atoms with Crippen molar-refractivity contribution in [3.8, 4) is 11.5 Å². The van der Waals surface area contributed by atoms with Crippen molar-refractivity contribution in [1.29, 1.82) is 0 Å². The Morgan fingerprint density at radius 2 is 1.87 bits per heavy atom. The summed E-state index contributed by atoms with van der Waals surface area (Å²) in [6, 6.07) is 4.32. The highest BCUT2D eigenvalue weighted by atomic mass is 79.9. The highest BCUT2D eigenvalue weighted by Crippen LogP contribution is 2.34. The summed E-state index contributed by atoms with van der Waals surface area (Å²) in [5.41, 5.74) is 7.12. The second-order valence-corrected chi connectivity index (χ2v) is 6.40. The van der Waals surface area contributed by atoms with Crippen molar-refractivity contribution in [1.82, 2.24) is 4.90 Å². The van der Waals surface area contributed by atoms with Gasteiger partial charge in [-0.25, -0.2) is 0 Å². The second kappa shape index (κ2) is 9.69. The summed E-state index contributed by atoms with van der Waals surface area (Å²) >= 11 is 3.63. The first-order valence-corrected chi connectivity index (χ1v) is 8.29. The van der Waals surface area contributed by atoms with Gasteiger partial charge in [0.15, 0.2) is 11.5 Å². The minimum atomic E-state index is 0. The normalized spacial score (nSPS) is 21.6. The summed E-state index contributed by atoms with van der Waals surface area (Å²) in [6.07, 6.45) is 2.34. The first kappa shape index (κ1) is 20.5. The fourth-order valence-electron chi connectivity index (χ4n) is 2.97. The fraction of sp³-hybridized carbons (Fsp3) is 0.625. The van der Waals surface area contributed by atoms with Crippen molar-refractivity contribution in [2.45, 2.75) is 31.5 Å². The van der Waals surface area contributed by atoms with Gasteiger partial charge in [-0.15, -0.1) is 12.4 Å². The monoisotopic (exact) mass is 408 g/mol. The van der Waals surface area contributed by atoms with Crippen molar-refractivity contribution in [3.63, 3.8) is 0 Å². The van der Waals surface area contributed by atoms with Crippen molar-refractivity contribution < 1.29 is 14.2 Å². The molecule has 0 saturated carbocycles. The molecule has 2 atom stereocenters. The Kier molecular flexibility index (Phi) is 8.64. The van der Waals surface area contributed by atoms with Crippen molar-refractivity contribution >= 4 is 28.3 Å². The van der Waals surface area contributed by atoms with E-state index in [2.05, 4.69) is 20.8 Å². The van der Waals surface area contributed by atoms with Gasteiger partial charge in [-0.05, 0) is 30.5 Å². The van der Waals surface area contributed by atoms with Crippen LogP contribution in [0.15, 0.2) is 16.6 Å². The molecular weight excluding hydrogens is 384 g/mol. The van der Waals surface area contributed by atoms with Gasteiger partial charge in [0.25, 0.3) is 0 Å². The maximum absolute atomic E-state index is 5.95. The number of methoxy groups -OCH3 is 3. The zero-order valence-electron chi connectivity index (χ0n) is 13.9. The predicted molar refractivity (Wildman–Crippen MR) is 97.8 cm³/mol. The van der Waals surface area contributed by atoms with Gasteiger partial charge < -0.3 is 19.9 Å². The third-order valence-electron chi connectivity index (χ3n) is 4.32. The minimum Gasteiger partial charge on any atom is -0.493 e. The minimum absolute atomic E-state index is 0. The molecule has 7 heteroatoms. The third-order valence-corrected chi connectivity index (χ3v) is 5.06. The summed E-state index contributed by atoms with van der Waals surface area (Å²) in [7, 11) is 5.07. The Bertz CT molecular complexity index is 504. The third kappa shape index (κ3) is 4.97. The molecule has 2 unspecified atom stereocenters. The number of ether oxygens (including phenoxy) is 3. The van der Waals surface area contributed by atoms with Crippen LogP contribution in [0, 0.1) is 0 Å². The van der Waals surface area contributed by atoms with E-state index in [4.69, 9.17) is 19.9 Å². The van der Waals surface area contributed by atoms with E-state index < -0.39 is 0 Å². The molecule has 0 bridgehead atoms. The van der Waals surface area contributed by atoms with E-state index in [1.165, 1.54) is 5.56 Å². The number of likely N-dealkylation sites (tertiary alicyclic amines) is 1. The Labute approximate surface area is 153 Å². The Balaban J connectivity index is 0.00000264. The maximum Gasteiger partial charge on any atom is 0.161 e. The van der Waals surface area contributed by atoms with Crippen LogP contribution in [0.1, 0.15) is 18.4 Å². The summed E-state index contributed by atoms with van der Waals surface area (Å²) in [5.74, 6) is 1.48. The summed E-state index contributed by atoms with van der Waals surface area (Å²) in [5, 5.41) is 0. The van der Waals surface area contributed by atoms with Crippen LogP contribution in [-0.2, 0) is 11.3 Å². The molecule has 5 nitrogen and oxygen atoms in total. The van der Waals surface area contributed by atoms with Gasteiger partial charge in [0.05, 0.1) is 20.3 Å². The quantitative estimate of drug-likeness (QED) is 0.783. The van der Waals surface area contributed by atoms with Gasteiger partial charge in [0.1, 0.15) is 0 Å². The van der Waals surface area contributed by atoms with E-state index in [0.717, 1.165) is 41.9 Å². The first-order chi connectivity index (χ1) is 10.6. The lowest BCUT2D eigenvalue weighted by Gasteiger charge is -2.38. The van der Waals surface area contributed by atoms with Gasteiger partial charge in [0.2, 0.25) is 0 Å². The van der Waals surface area contributed by atoms with E-state index in [-0.39, 0.29) is 12.4 Å². The lowest BCUT2D eigenvalue weighted by Crippen LogP contribution is -2.48. The molecule has 2 rings (SSSR count). The molecule has 1 saturated heterocycles. The van der Waals surface area contributed by atoms with Gasteiger partial charge in [-0.3, -0.25) is 4.90 Å². The number of rotatable bonds is 6. The topological polar surface area (TPSA) is 57.0 Å². The predicted octanol–water partition coefficient (Wildman–Crippen LogP) is 2.83. The van der Waals surface area contributed by atoms with Crippen LogP contribution < -0.4 is 15.2 Å². The molecule has 1 fully saturated rings. The van der Waals surface area contributed by atoms with Crippen LogP contribution in [0.25, 0.3) is 0 Å². The molecule has 0 spiro atoms. The molecule has 0 aromatic heterocycles. The Hall–Kier alpha value is -0.530. The molecule has 0 radical (unpaired) electrons. The summed E-state index contributed by atoms with van der Waals surface area (Å²) in [6.45, 7) is 2.46. The molecular formula is C16H26BrClN2O3. The van der Waals surface area contributed by atoms with Crippen LogP contribution in [0.5, 0.6) is 11.5 Å². The summed E-state index contributed by atoms with van der Waals surface area (Å²) < 4.78 is 17.2. The van der Waals surface area contributed by atoms with E-state index in [1.54, 1.807) is 21.3 Å². The molecule has 1 heterocycles. The molecule has 1 aromatic carbocycles. The molecule has 0 aliphatic carbocycles. The van der Waals surface area contributed by atoms with Crippen LogP contribution >= 0.6 is 28.3 Å². The van der Waals surface area contributed by atoms with Crippen LogP contribution in [0.3, 0.4) is 0 Å². The first-order valence-electron chi connectivity index (χ1n) is 7.50. The number of hydrogen-bond acceptors (Lipinski definition) is 5. The number of benzene rings is 1. The average molecular weight is 410 g/mol. The number of nitrogens with zero attached hydrogens (tertiary/aromatic N) is 1. The van der Waals surface area contributed by atoms with Crippen molar-refractivity contribution in [2.24, 2.45) is 5.73 Å². The van der Waals surface area contributed by atoms with Crippen molar-refractivity contribution in [2.75, 3.05) is 34.4 Å². The van der Waals surface area contributed by atoms with Crippen LogP contribution in [-0.4, -0.2) is 51.5 Å². The van der Waals surface area contributed by atoms with E-state index >= 15 is 0 Å². The number of nitrogens with two attached hydrogens (primary N) is 1. The van der Waals surface area contributed by atoms with Crippen LogP contribution in [0.4, 0.5) is 0 Å². The Morgan fingerprint density at radius 3 is 2.43 bits per heavy atom. The zero-order valence-corrected chi connectivity index (χ0v) is 16.3. The van der Waals surface area contributed by atoms with E-state index in [9.17, 15) is 0 Å². The average Bonchev–Trinajstić information content (AvgIpc) is 2.56. The molecule has 1 aliphatic rings. The Morgan fingerprint density at radius 1 is 1.22 bits per heavy atom. The van der Waals surface area contributed by atoms with E-state index in [0.29, 0.717) is 18.7 Å². The fourth-order valence-corrected chi connectivity index (χ4v) is 3.41. The van der Waals surface area contributed by atoms with Gasteiger partial charge >= 0.3 is 0 Å². The van der Waals surface area contributed by atoms with Crippen molar-refractivity contribution in [3.05, 3.63) is 22.2 Å². The standard InChI is InChI=1S/C16H25BrN2O3.ClH/c1-20-13-4-5-19(12(7-13)9-18)10-11-6-15(21-2)16(22-3)8-14(11)17;/h6,8,12-13H,4-5,7,9-10,18H2,1-3H3;1H. The lowest BCUT2D eigenvalue weighted by molar-refractivity contribution is 0.0101. The van der Waals surface area contributed by atoms with Gasteiger partial charge in [0, 0.05) is 37.3 Å². The van der Waals surface area contributed by atoms with Crippen LogP contribution in [0.2, 0.25) is 0 Å². The number of piperidine rings is 1. The highest BCUT2D eigenvalue weighted by molar-refractivity contribution is 9.10. The van der Waals surface area contributed by atoms with Gasteiger partial charge in [-0.1, -0.05) is 15.9 Å². The second-order valence-electron chi connectivity index (χ2n) is 5.54. The number of halogens is 2. The van der Waals surface area contributed by atoms with Gasteiger partial charge in [-0.2, -0.15) is 0 Å². The molecule has 2 N–H and O–H groups in total. The number of hydrogen-bond donors (Lipinski definition) is 1. The molecule has 23 heavy (non-hydrogen) atoms. The molecule has 1 aromatic rings. The SMILES string of the molecule is COc1cc(Br)c(CN2CCC(OC)CC2CN)cc1OC.Cl. The summed E-state index contributed by atoms with van der Waals surface area (Å²) in [4.78, 5) is 2.42. The lowest BCUT2D eigenvalue weighted by atomic mass is 9.98. The smallest absolute Gasteiger partial charge is 0.161 e. The molecule has 0 amide bonds.